The molecule has 0 saturated heterocycles. The van der Waals surface area contributed by atoms with Gasteiger partial charge in [-0.25, -0.2) is 9.59 Å². The Morgan fingerprint density at radius 3 is 2.34 bits per heavy atom. The zero-order valence-corrected chi connectivity index (χ0v) is 23.5. The van der Waals surface area contributed by atoms with Gasteiger partial charge in [0.1, 0.15) is 11.1 Å². The lowest BCUT2D eigenvalue weighted by Gasteiger charge is -2.27. The summed E-state index contributed by atoms with van der Waals surface area (Å²) >= 11 is 0. The molecule has 2 amide bonds. The summed E-state index contributed by atoms with van der Waals surface area (Å²) in [5.41, 5.74) is 0.474. The fourth-order valence-corrected chi connectivity index (χ4v) is 5.28. The Morgan fingerprint density at radius 2 is 1.66 bits per heavy atom. The minimum Gasteiger partial charge on any atom is -0.426 e. The third kappa shape index (κ3) is 8.33. The van der Waals surface area contributed by atoms with Crippen molar-refractivity contribution in [2.45, 2.75) is 110 Å². The molecule has 1 aromatic rings. The van der Waals surface area contributed by atoms with Crippen LogP contribution in [0.5, 0.6) is 0 Å². The number of pyridine rings is 1. The van der Waals surface area contributed by atoms with Crippen LogP contribution in [0, 0.1) is 11.8 Å². The van der Waals surface area contributed by atoms with Crippen LogP contribution in [0.4, 0.5) is 4.79 Å². The topological polar surface area (TPSA) is 116 Å². The standard InChI is InChI=1S/C29H45N3O6/c1-20(2)17-30-28(36)38-19-37-27(35)29(3,4)31-25(33)23-16-22-14-10-5-6-11-15-24(22)32(26(23)34)18-21-12-8-7-9-13-21/h16,20-21H,5-15,17-19H2,1-4H3,(H,30,36)(H,31,33). The molecule has 1 aromatic heterocycles. The van der Waals surface area contributed by atoms with Gasteiger partial charge in [-0.1, -0.05) is 46.0 Å². The molecule has 1 heterocycles. The molecular formula is C29H45N3O6. The number of hydrogen-bond donors (Lipinski definition) is 2. The van der Waals surface area contributed by atoms with Crippen molar-refractivity contribution in [2.75, 3.05) is 13.3 Å². The summed E-state index contributed by atoms with van der Waals surface area (Å²) in [7, 11) is 0. The van der Waals surface area contributed by atoms with Gasteiger partial charge in [-0.05, 0) is 75.8 Å². The second kappa shape index (κ2) is 13.8. The molecule has 0 aliphatic heterocycles. The Morgan fingerprint density at radius 1 is 1.00 bits per heavy atom. The zero-order chi connectivity index (χ0) is 27.7. The van der Waals surface area contributed by atoms with E-state index in [2.05, 4.69) is 10.6 Å². The minimum absolute atomic E-state index is 0.0605. The second-order valence-corrected chi connectivity index (χ2v) is 11.7. The number of hydrogen-bond acceptors (Lipinski definition) is 6. The summed E-state index contributed by atoms with van der Waals surface area (Å²) in [6.07, 6.45) is 11.2. The van der Waals surface area contributed by atoms with E-state index in [1.807, 2.05) is 18.4 Å². The van der Waals surface area contributed by atoms with E-state index in [0.717, 1.165) is 62.6 Å². The summed E-state index contributed by atoms with van der Waals surface area (Å²) in [5, 5.41) is 5.24. The van der Waals surface area contributed by atoms with Crippen LogP contribution in [0.25, 0.3) is 0 Å². The monoisotopic (exact) mass is 531 g/mol. The zero-order valence-electron chi connectivity index (χ0n) is 23.5. The second-order valence-electron chi connectivity index (χ2n) is 11.7. The Balaban J connectivity index is 1.74. The first-order chi connectivity index (χ1) is 18.1. The maximum absolute atomic E-state index is 13.7. The summed E-state index contributed by atoms with van der Waals surface area (Å²) in [4.78, 5) is 51.4. The van der Waals surface area contributed by atoms with Crippen molar-refractivity contribution in [1.29, 1.82) is 0 Å². The molecule has 212 valence electrons. The van der Waals surface area contributed by atoms with E-state index < -0.39 is 30.3 Å². The van der Waals surface area contributed by atoms with Gasteiger partial charge in [-0.15, -0.1) is 0 Å². The van der Waals surface area contributed by atoms with Crippen LogP contribution in [0.15, 0.2) is 10.9 Å². The van der Waals surface area contributed by atoms with E-state index in [0.29, 0.717) is 19.0 Å². The van der Waals surface area contributed by atoms with Crippen molar-refractivity contribution < 1.29 is 23.9 Å². The maximum atomic E-state index is 13.7. The molecule has 0 bridgehead atoms. The van der Waals surface area contributed by atoms with E-state index in [4.69, 9.17) is 9.47 Å². The highest BCUT2D eigenvalue weighted by atomic mass is 16.7. The molecule has 2 aliphatic carbocycles. The smallest absolute Gasteiger partial charge is 0.410 e. The third-order valence-electron chi connectivity index (χ3n) is 7.48. The number of carbonyl (C=O) groups excluding carboxylic acids is 3. The lowest BCUT2D eigenvalue weighted by Crippen LogP contribution is -2.52. The van der Waals surface area contributed by atoms with Gasteiger partial charge in [0.2, 0.25) is 6.79 Å². The molecular weight excluding hydrogens is 486 g/mol. The first-order valence-corrected chi connectivity index (χ1v) is 14.2. The number of rotatable bonds is 9. The first kappa shape index (κ1) is 29.7. The van der Waals surface area contributed by atoms with Gasteiger partial charge in [0, 0.05) is 18.8 Å². The van der Waals surface area contributed by atoms with E-state index in [1.165, 1.54) is 33.1 Å². The first-order valence-electron chi connectivity index (χ1n) is 14.2. The molecule has 1 fully saturated rings. The van der Waals surface area contributed by atoms with Gasteiger partial charge < -0.3 is 24.7 Å². The minimum atomic E-state index is -1.43. The van der Waals surface area contributed by atoms with Gasteiger partial charge in [-0.3, -0.25) is 9.59 Å². The molecule has 1 saturated carbocycles. The van der Waals surface area contributed by atoms with E-state index in [1.54, 1.807) is 6.07 Å². The Kier molecular flexibility index (Phi) is 10.8. The number of ether oxygens (including phenoxy) is 2. The Labute approximate surface area is 226 Å². The molecule has 38 heavy (non-hydrogen) atoms. The summed E-state index contributed by atoms with van der Waals surface area (Å²) in [6, 6.07) is 1.74. The molecule has 0 radical (unpaired) electrons. The molecule has 0 aromatic carbocycles. The molecule has 9 heteroatoms. The van der Waals surface area contributed by atoms with Crippen molar-refractivity contribution in [3.63, 3.8) is 0 Å². The van der Waals surface area contributed by atoms with Gasteiger partial charge in [0.15, 0.2) is 0 Å². The third-order valence-corrected chi connectivity index (χ3v) is 7.48. The highest BCUT2D eigenvalue weighted by Crippen LogP contribution is 2.27. The predicted molar refractivity (Wildman–Crippen MR) is 145 cm³/mol. The number of nitrogens with zero attached hydrogens (tertiary/aromatic N) is 1. The Hall–Kier alpha value is -2.84. The average molecular weight is 532 g/mol. The fourth-order valence-electron chi connectivity index (χ4n) is 5.28. The number of aromatic nitrogens is 1. The fraction of sp³-hybridized carbons (Fsp3) is 0.724. The number of esters is 1. The quantitative estimate of drug-likeness (QED) is 0.359. The van der Waals surface area contributed by atoms with E-state index >= 15 is 0 Å². The van der Waals surface area contributed by atoms with Crippen LogP contribution >= 0.6 is 0 Å². The molecule has 9 nitrogen and oxygen atoms in total. The van der Waals surface area contributed by atoms with Crippen molar-refractivity contribution in [3.05, 3.63) is 33.2 Å². The lowest BCUT2D eigenvalue weighted by molar-refractivity contribution is -0.158. The van der Waals surface area contributed by atoms with Crippen LogP contribution < -0.4 is 16.2 Å². The number of nitrogens with one attached hydrogen (secondary N) is 2. The van der Waals surface area contributed by atoms with Crippen LogP contribution in [0.2, 0.25) is 0 Å². The van der Waals surface area contributed by atoms with Gasteiger partial charge in [-0.2, -0.15) is 0 Å². The van der Waals surface area contributed by atoms with E-state index in [9.17, 15) is 19.2 Å². The van der Waals surface area contributed by atoms with Crippen molar-refractivity contribution in [2.24, 2.45) is 11.8 Å². The van der Waals surface area contributed by atoms with Crippen molar-refractivity contribution >= 4 is 18.0 Å². The van der Waals surface area contributed by atoms with Crippen LogP contribution in [0.3, 0.4) is 0 Å². The van der Waals surface area contributed by atoms with Gasteiger partial charge in [0.05, 0.1) is 0 Å². The number of carbonyl (C=O) groups is 3. The normalized spacial score (nSPS) is 16.7. The largest absolute Gasteiger partial charge is 0.426 e. The van der Waals surface area contributed by atoms with Crippen LogP contribution in [0.1, 0.15) is 107 Å². The van der Waals surface area contributed by atoms with Crippen molar-refractivity contribution in [3.8, 4) is 0 Å². The number of amides is 2. The van der Waals surface area contributed by atoms with Crippen LogP contribution in [-0.2, 0) is 33.7 Å². The number of alkyl carbamates (subject to hydrolysis) is 1. The average Bonchev–Trinajstić information content (AvgIpc) is 2.85. The summed E-state index contributed by atoms with van der Waals surface area (Å²) < 4.78 is 11.8. The SMILES string of the molecule is CC(C)CNC(=O)OCOC(=O)C(C)(C)NC(=O)c1cc2c(n(CC3CCCCC3)c1=O)CCCCCC2. The Bertz CT molecular complexity index is 1040. The molecule has 0 atom stereocenters. The van der Waals surface area contributed by atoms with Gasteiger partial charge in [0.25, 0.3) is 11.5 Å². The number of aryl methyl sites for hydroxylation is 1. The maximum Gasteiger partial charge on any atom is 0.410 e. The van der Waals surface area contributed by atoms with Gasteiger partial charge >= 0.3 is 12.1 Å². The predicted octanol–water partition coefficient (Wildman–Crippen LogP) is 4.48. The molecule has 2 aliphatic rings. The highest BCUT2D eigenvalue weighted by Gasteiger charge is 2.33. The van der Waals surface area contributed by atoms with Crippen LogP contribution in [-0.4, -0.2) is 41.4 Å². The number of fused-ring (bicyclic) bond motifs is 1. The summed E-state index contributed by atoms with van der Waals surface area (Å²) in [5.74, 6) is -0.673. The van der Waals surface area contributed by atoms with Crippen molar-refractivity contribution in [1.82, 2.24) is 15.2 Å². The molecule has 3 rings (SSSR count). The molecule has 0 spiro atoms. The van der Waals surface area contributed by atoms with E-state index in [-0.39, 0.29) is 17.0 Å². The highest BCUT2D eigenvalue weighted by molar-refractivity contribution is 5.97. The summed E-state index contributed by atoms with van der Waals surface area (Å²) in [6.45, 7) is 7.40. The molecule has 0 unspecified atom stereocenters. The molecule has 2 N–H and O–H groups in total. The lowest BCUT2D eigenvalue weighted by atomic mass is 9.88.